The van der Waals surface area contributed by atoms with Crippen molar-refractivity contribution >= 4 is 16.0 Å². The van der Waals surface area contributed by atoms with Crippen LogP contribution in [0.15, 0.2) is 4.90 Å². The molecule has 0 amide bonds. The number of carbonyl (C=O) groups is 1. The summed E-state index contributed by atoms with van der Waals surface area (Å²) in [4.78, 5) is 11.2. The quantitative estimate of drug-likeness (QED) is 0.781. The summed E-state index contributed by atoms with van der Waals surface area (Å²) in [6.45, 7) is 5.14. The Hall–Kier alpha value is -1.41. The average Bonchev–Trinajstić information content (AvgIpc) is 2.58. The zero-order valence-corrected chi connectivity index (χ0v) is 13.0. The molecule has 0 aliphatic rings. The third-order valence-electron chi connectivity index (χ3n) is 3.15. The number of aromatic nitrogens is 2. The molecule has 1 unspecified atom stereocenters. The van der Waals surface area contributed by atoms with Crippen molar-refractivity contribution < 1.29 is 18.3 Å². The van der Waals surface area contributed by atoms with Crippen molar-refractivity contribution in [2.75, 3.05) is 0 Å². The van der Waals surface area contributed by atoms with Gasteiger partial charge in [0.25, 0.3) is 0 Å². The summed E-state index contributed by atoms with van der Waals surface area (Å²) >= 11 is 0. The van der Waals surface area contributed by atoms with Crippen LogP contribution in [-0.2, 0) is 21.9 Å². The first-order valence-electron chi connectivity index (χ1n) is 6.46. The lowest BCUT2D eigenvalue weighted by atomic mass is 10.1. The van der Waals surface area contributed by atoms with Crippen LogP contribution in [0.1, 0.15) is 37.6 Å². The predicted octanol–water partition coefficient (Wildman–Crippen LogP) is 0.959. The number of hydrogen-bond acceptors (Lipinski definition) is 4. The highest BCUT2D eigenvalue weighted by Gasteiger charge is 2.29. The minimum Gasteiger partial charge on any atom is -0.480 e. The van der Waals surface area contributed by atoms with Gasteiger partial charge in [-0.05, 0) is 20.3 Å². The van der Waals surface area contributed by atoms with E-state index in [0.717, 1.165) is 6.42 Å². The highest BCUT2D eigenvalue weighted by atomic mass is 32.2. The second-order valence-corrected chi connectivity index (χ2v) is 6.43. The molecule has 20 heavy (non-hydrogen) atoms. The van der Waals surface area contributed by atoms with Crippen molar-refractivity contribution in [1.82, 2.24) is 14.5 Å². The molecule has 0 radical (unpaired) electrons. The van der Waals surface area contributed by atoms with E-state index in [1.807, 2.05) is 6.92 Å². The van der Waals surface area contributed by atoms with Gasteiger partial charge in [-0.3, -0.25) is 9.48 Å². The van der Waals surface area contributed by atoms with Crippen LogP contribution >= 0.6 is 0 Å². The van der Waals surface area contributed by atoms with Crippen LogP contribution in [0.4, 0.5) is 0 Å². The Labute approximate surface area is 119 Å². The van der Waals surface area contributed by atoms with Gasteiger partial charge >= 0.3 is 5.97 Å². The van der Waals surface area contributed by atoms with E-state index in [0.29, 0.717) is 17.8 Å². The molecule has 0 fully saturated rings. The molecular formula is C12H21N3O4S. The molecule has 0 aromatic carbocycles. The van der Waals surface area contributed by atoms with Crippen LogP contribution < -0.4 is 4.72 Å². The number of aryl methyl sites for hydroxylation is 2. The van der Waals surface area contributed by atoms with Gasteiger partial charge in [0.1, 0.15) is 10.9 Å². The lowest BCUT2D eigenvalue weighted by Gasteiger charge is -2.14. The number of nitrogens with one attached hydrogen (secondary N) is 1. The molecule has 0 aliphatic carbocycles. The largest absolute Gasteiger partial charge is 0.480 e. The number of carboxylic acid groups (broad SMARTS) is 1. The van der Waals surface area contributed by atoms with Crippen molar-refractivity contribution in [1.29, 1.82) is 0 Å². The number of hydrogen-bond donors (Lipinski definition) is 2. The summed E-state index contributed by atoms with van der Waals surface area (Å²) in [5, 5.41) is 13.1. The second kappa shape index (κ2) is 6.36. The average molecular weight is 303 g/mol. The van der Waals surface area contributed by atoms with E-state index in [4.69, 9.17) is 5.11 Å². The van der Waals surface area contributed by atoms with Gasteiger partial charge in [0, 0.05) is 7.05 Å². The normalized spacial score (nSPS) is 13.4. The van der Waals surface area contributed by atoms with E-state index in [1.165, 1.54) is 4.68 Å². The fourth-order valence-electron chi connectivity index (χ4n) is 2.03. The van der Waals surface area contributed by atoms with E-state index in [1.54, 1.807) is 20.9 Å². The van der Waals surface area contributed by atoms with Crippen molar-refractivity contribution in [3.8, 4) is 0 Å². The molecule has 1 aromatic heterocycles. The second-order valence-electron chi connectivity index (χ2n) is 4.78. The number of unbranched alkanes of at least 4 members (excludes halogenated alkanes) is 1. The fourth-order valence-corrected chi connectivity index (χ4v) is 3.69. The summed E-state index contributed by atoms with van der Waals surface area (Å²) in [6.07, 6.45) is 1.71. The molecule has 114 valence electrons. The molecule has 1 heterocycles. The molecule has 0 saturated carbocycles. The summed E-state index contributed by atoms with van der Waals surface area (Å²) < 4.78 is 28.4. The minimum absolute atomic E-state index is 0.0581. The van der Waals surface area contributed by atoms with Crippen LogP contribution in [0.2, 0.25) is 0 Å². The molecule has 0 bridgehead atoms. The van der Waals surface area contributed by atoms with Gasteiger partial charge in [-0.2, -0.15) is 9.82 Å². The Morgan fingerprint density at radius 3 is 2.45 bits per heavy atom. The van der Waals surface area contributed by atoms with Gasteiger partial charge in [0.05, 0.1) is 11.4 Å². The first kappa shape index (κ1) is 16.6. The molecule has 0 spiro atoms. The maximum Gasteiger partial charge on any atom is 0.321 e. The smallest absolute Gasteiger partial charge is 0.321 e. The molecular weight excluding hydrogens is 282 g/mol. The lowest BCUT2D eigenvalue weighted by Crippen LogP contribution is -2.41. The Balaban J connectivity index is 3.07. The van der Waals surface area contributed by atoms with Gasteiger partial charge in [0.2, 0.25) is 10.0 Å². The Morgan fingerprint density at radius 2 is 2.05 bits per heavy atom. The number of sulfonamides is 1. The van der Waals surface area contributed by atoms with Crippen LogP contribution in [0.3, 0.4) is 0 Å². The van der Waals surface area contributed by atoms with Gasteiger partial charge in [0.15, 0.2) is 0 Å². The first-order chi connectivity index (χ1) is 9.20. The molecule has 0 aliphatic heterocycles. The lowest BCUT2D eigenvalue weighted by molar-refractivity contribution is -0.139. The Morgan fingerprint density at radius 1 is 1.45 bits per heavy atom. The zero-order chi connectivity index (χ0) is 15.5. The topological polar surface area (TPSA) is 101 Å². The van der Waals surface area contributed by atoms with Crippen LogP contribution in [-0.4, -0.2) is 35.3 Å². The Kier molecular flexibility index (Phi) is 5.29. The predicted molar refractivity (Wildman–Crippen MR) is 74.0 cm³/mol. The number of nitrogens with zero attached hydrogens (tertiary/aromatic N) is 2. The molecule has 7 nitrogen and oxygen atoms in total. The molecule has 1 atom stereocenters. The summed E-state index contributed by atoms with van der Waals surface area (Å²) in [5.74, 6) is -1.17. The molecule has 0 saturated heterocycles. The van der Waals surface area contributed by atoms with Gasteiger partial charge in [-0.1, -0.05) is 19.8 Å². The number of carboxylic acids is 1. The number of rotatable bonds is 7. The SMILES string of the molecule is CCCCC(NS(=O)(=O)c1c(C)nn(C)c1C)C(=O)O. The van der Waals surface area contributed by atoms with E-state index in [2.05, 4.69) is 9.82 Å². The maximum absolute atomic E-state index is 12.3. The molecule has 1 aromatic rings. The monoisotopic (exact) mass is 303 g/mol. The third-order valence-corrected chi connectivity index (χ3v) is 4.88. The first-order valence-corrected chi connectivity index (χ1v) is 7.94. The Bertz CT molecular complexity index is 592. The van der Waals surface area contributed by atoms with Crippen LogP contribution in [0, 0.1) is 13.8 Å². The van der Waals surface area contributed by atoms with E-state index in [-0.39, 0.29) is 11.3 Å². The molecule has 2 N–H and O–H groups in total. The van der Waals surface area contributed by atoms with Crippen molar-refractivity contribution in [3.63, 3.8) is 0 Å². The third kappa shape index (κ3) is 3.57. The summed E-state index contributed by atoms with van der Waals surface area (Å²) in [7, 11) is -2.24. The van der Waals surface area contributed by atoms with E-state index < -0.39 is 22.0 Å². The van der Waals surface area contributed by atoms with Crippen LogP contribution in [0.5, 0.6) is 0 Å². The zero-order valence-electron chi connectivity index (χ0n) is 12.2. The van der Waals surface area contributed by atoms with Crippen molar-refractivity contribution in [2.24, 2.45) is 7.05 Å². The summed E-state index contributed by atoms with van der Waals surface area (Å²) in [5.41, 5.74) is 0.840. The highest BCUT2D eigenvalue weighted by molar-refractivity contribution is 7.89. The minimum atomic E-state index is -3.89. The molecule has 1 rings (SSSR count). The number of aliphatic carboxylic acids is 1. The van der Waals surface area contributed by atoms with Crippen molar-refractivity contribution in [2.45, 2.75) is 51.0 Å². The van der Waals surface area contributed by atoms with E-state index in [9.17, 15) is 13.2 Å². The van der Waals surface area contributed by atoms with Crippen LogP contribution in [0.25, 0.3) is 0 Å². The van der Waals surface area contributed by atoms with Gasteiger partial charge in [-0.25, -0.2) is 8.42 Å². The standard InChI is InChI=1S/C12H21N3O4S/c1-5-6-7-10(12(16)17)14-20(18,19)11-8(2)13-15(4)9(11)3/h10,14H,5-7H2,1-4H3,(H,16,17). The van der Waals surface area contributed by atoms with Crippen molar-refractivity contribution in [3.05, 3.63) is 11.4 Å². The maximum atomic E-state index is 12.3. The highest BCUT2D eigenvalue weighted by Crippen LogP contribution is 2.19. The molecule has 8 heteroatoms. The van der Waals surface area contributed by atoms with Gasteiger partial charge < -0.3 is 5.11 Å². The summed E-state index contributed by atoms with van der Waals surface area (Å²) in [6, 6.07) is -1.11. The fraction of sp³-hybridized carbons (Fsp3) is 0.667. The van der Waals surface area contributed by atoms with E-state index >= 15 is 0 Å². The van der Waals surface area contributed by atoms with Gasteiger partial charge in [-0.15, -0.1) is 0 Å².